The van der Waals surface area contributed by atoms with Crippen molar-refractivity contribution in [3.05, 3.63) is 30.1 Å². The van der Waals surface area contributed by atoms with Gasteiger partial charge in [-0.1, -0.05) is 12.1 Å². The van der Waals surface area contributed by atoms with Crippen LogP contribution < -0.4 is 4.90 Å². The van der Waals surface area contributed by atoms with Crippen LogP contribution in [0.15, 0.2) is 24.3 Å². The van der Waals surface area contributed by atoms with Gasteiger partial charge in [-0.3, -0.25) is 9.69 Å². The lowest BCUT2D eigenvalue weighted by atomic mass is 10.0. The predicted molar refractivity (Wildman–Crippen MR) is 70.0 cm³/mol. The van der Waals surface area contributed by atoms with Gasteiger partial charge in [0.05, 0.1) is 18.2 Å². The highest BCUT2D eigenvalue weighted by atomic mass is 19.1. The van der Waals surface area contributed by atoms with Gasteiger partial charge in [-0.15, -0.1) is 0 Å². The third-order valence-corrected chi connectivity index (χ3v) is 3.61. The molecule has 0 saturated carbocycles. The Kier molecular flexibility index (Phi) is 3.82. The number of likely N-dealkylation sites (N-methyl/N-ethyl adjacent to an activating group) is 1. The van der Waals surface area contributed by atoms with Crippen LogP contribution in [0.1, 0.15) is 13.3 Å². The second kappa shape index (κ2) is 5.37. The van der Waals surface area contributed by atoms with E-state index in [2.05, 4.69) is 0 Å². The Morgan fingerprint density at radius 3 is 2.79 bits per heavy atom. The lowest BCUT2D eigenvalue weighted by Crippen LogP contribution is -2.59. The minimum Gasteiger partial charge on any atom is -0.307 e. The molecule has 19 heavy (non-hydrogen) atoms. The molecule has 0 aromatic heterocycles. The molecule has 1 heterocycles. The fourth-order valence-electron chi connectivity index (χ4n) is 2.35. The molecule has 0 N–H and O–H groups in total. The van der Waals surface area contributed by atoms with Crippen molar-refractivity contribution >= 4 is 11.6 Å². The standard InChI is InChI=1S/C14H16FN3O/c1-10-9-18(12-6-4-3-5-11(12)15)14(19)13(7-8-16)17(10)2/h3-6,10,13H,7,9H2,1-2H3. The summed E-state index contributed by atoms with van der Waals surface area (Å²) in [5.74, 6) is -0.629. The maximum Gasteiger partial charge on any atom is 0.245 e. The normalized spacial score (nSPS) is 24.3. The molecule has 1 aromatic carbocycles. The van der Waals surface area contributed by atoms with Crippen LogP contribution >= 0.6 is 0 Å². The number of amides is 1. The Balaban J connectivity index is 2.34. The summed E-state index contributed by atoms with van der Waals surface area (Å²) >= 11 is 0. The molecule has 2 unspecified atom stereocenters. The van der Waals surface area contributed by atoms with Crippen LogP contribution in [0.5, 0.6) is 0 Å². The highest BCUT2D eigenvalue weighted by Crippen LogP contribution is 2.26. The van der Waals surface area contributed by atoms with Crippen LogP contribution in [-0.2, 0) is 4.79 Å². The summed E-state index contributed by atoms with van der Waals surface area (Å²) in [5, 5.41) is 8.83. The summed E-state index contributed by atoms with van der Waals surface area (Å²) in [5.41, 5.74) is 0.287. The number of rotatable bonds is 2. The van der Waals surface area contributed by atoms with Crippen molar-refractivity contribution in [3.63, 3.8) is 0 Å². The zero-order valence-corrected chi connectivity index (χ0v) is 11.0. The monoisotopic (exact) mass is 261 g/mol. The largest absolute Gasteiger partial charge is 0.307 e. The first kappa shape index (κ1) is 13.5. The quantitative estimate of drug-likeness (QED) is 0.815. The van der Waals surface area contributed by atoms with Crippen molar-refractivity contribution in [1.82, 2.24) is 4.90 Å². The molecule has 1 aliphatic rings. The second-order valence-corrected chi connectivity index (χ2v) is 4.79. The van der Waals surface area contributed by atoms with E-state index >= 15 is 0 Å². The first-order valence-corrected chi connectivity index (χ1v) is 6.21. The maximum absolute atomic E-state index is 13.8. The van der Waals surface area contributed by atoms with Gasteiger partial charge in [-0.2, -0.15) is 5.26 Å². The Labute approximate surface area is 112 Å². The van der Waals surface area contributed by atoms with Crippen LogP contribution in [-0.4, -0.2) is 36.5 Å². The third-order valence-electron chi connectivity index (χ3n) is 3.61. The van der Waals surface area contributed by atoms with E-state index in [1.54, 1.807) is 18.2 Å². The van der Waals surface area contributed by atoms with E-state index in [4.69, 9.17) is 5.26 Å². The molecular weight excluding hydrogens is 245 g/mol. The molecule has 0 radical (unpaired) electrons. The fourth-order valence-corrected chi connectivity index (χ4v) is 2.35. The number of anilines is 1. The fraction of sp³-hybridized carbons (Fsp3) is 0.429. The van der Waals surface area contributed by atoms with Crippen molar-refractivity contribution in [1.29, 1.82) is 5.26 Å². The number of nitriles is 1. The molecule has 1 amide bonds. The molecule has 4 nitrogen and oxygen atoms in total. The predicted octanol–water partition coefficient (Wildman–Crippen LogP) is 1.77. The highest BCUT2D eigenvalue weighted by Gasteiger charge is 2.37. The molecular formula is C14H16FN3O. The van der Waals surface area contributed by atoms with Gasteiger partial charge in [0.25, 0.3) is 0 Å². The van der Waals surface area contributed by atoms with Gasteiger partial charge >= 0.3 is 0 Å². The summed E-state index contributed by atoms with van der Waals surface area (Å²) < 4.78 is 13.8. The molecule has 0 spiro atoms. The summed E-state index contributed by atoms with van der Waals surface area (Å²) in [4.78, 5) is 15.7. The van der Waals surface area contributed by atoms with Crippen LogP contribution in [0.2, 0.25) is 0 Å². The van der Waals surface area contributed by atoms with Gasteiger partial charge in [0.15, 0.2) is 0 Å². The van der Waals surface area contributed by atoms with Crippen molar-refractivity contribution in [2.45, 2.75) is 25.4 Å². The van der Waals surface area contributed by atoms with E-state index in [9.17, 15) is 9.18 Å². The Morgan fingerprint density at radius 1 is 1.47 bits per heavy atom. The summed E-state index contributed by atoms with van der Waals surface area (Å²) in [6, 6.07) is 7.82. The number of benzene rings is 1. The minimum absolute atomic E-state index is 0.0793. The van der Waals surface area contributed by atoms with Crippen LogP contribution in [0.25, 0.3) is 0 Å². The van der Waals surface area contributed by atoms with Crippen molar-refractivity contribution in [2.24, 2.45) is 0 Å². The average Bonchev–Trinajstić information content (AvgIpc) is 2.40. The molecule has 1 fully saturated rings. The summed E-state index contributed by atoms with van der Waals surface area (Å²) in [6.07, 6.45) is 0.116. The number of halogens is 1. The smallest absolute Gasteiger partial charge is 0.245 e. The van der Waals surface area contributed by atoms with E-state index < -0.39 is 11.9 Å². The third kappa shape index (κ3) is 2.45. The van der Waals surface area contributed by atoms with Crippen molar-refractivity contribution < 1.29 is 9.18 Å². The summed E-state index contributed by atoms with van der Waals surface area (Å²) in [6.45, 7) is 2.39. The lowest BCUT2D eigenvalue weighted by Gasteiger charge is -2.42. The van der Waals surface area contributed by atoms with Gasteiger partial charge in [0.2, 0.25) is 5.91 Å². The van der Waals surface area contributed by atoms with Crippen LogP contribution in [0.4, 0.5) is 10.1 Å². The number of carbonyl (C=O) groups excluding carboxylic acids is 1. The number of para-hydroxylation sites is 1. The number of piperazine rings is 1. The van der Waals surface area contributed by atoms with E-state index in [0.717, 1.165) is 0 Å². The molecule has 1 aliphatic heterocycles. The second-order valence-electron chi connectivity index (χ2n) is 4.79. The summed E-state index contributed by atoms with van der Waals surface area (Å²) in [7, 11) is 1.82. The van der Waals surface area contributed by atoms with Gasteiger partial charge < -0.3 is 4.90 Å². The first-order chi connectivity index (χ1) is 9.06. The highest BCUT2D eigenvalue weighted by molar-refractivity contribution is 5.98. The SMILES string of the molecule is CC1CN(c2ccccc2F)C(=O)C(CC#N)N1C. The zero-order chi connectivity index (χ0) is 14.0. The maximum atomic E-state index is 13.8. The van der Waals surface area contributed by atoms with E-state index in [-0.39, 0.29) is 24.1 Å². The van der Waals surface area contributed by atoms with Gasteiger partial charge in [0.1, 0.15) is 11.9 Å². The molecule has 5 heteroatoms. The van der Waals surface area contributed by atoms with Gasteiger partial charge in [0, 0.05) is 12.6 Å². The van der Waals surface area contributed by atoms with E-state index in [0.29, 0.717) is 6.54 Å². The first-order valence-electron chi connectivity index (χ1n) is 6.21. The molecule has 1 aromatic rings. The van der Waals surface area contributed by atoms with E-state index in [1.165, 1.54) is 11.0 Å². The van der Waals surface area contributed by atoms with E-state index in [1.807, 2.05) is 24.9 Å². The zero-order valence-electron chi connectivity index (χ0n) is 11.0. The Morgan fingerprint density at radius 2 is 2.16 bits per heavy atom. The molecule has 0 aliphatic carbocycles. The Bertz CT molecular complexity index is 526. The molecule has 2 atom stereocenters. The molecule has 1 saturated heterocycles. The lowest BCUT2D eigenvalue weighted by molar-refractivity contribution is -0.126. The van der Waals surface area contributed by atoms with Gasteiger partial charge in [-0.25, -0.2) is 4.39 Å². The van der Waals surface area contributed by atoms with Crippen molar-refractivity contribution in [2.75, 3.05) is 18.5 Å². The number of hydrogen-bond acceptors (Lipinski definition) is 3. The number of carbonyl (C=O) groups is 1. The molecule has 0 bridgehead atoms. The molecule has 2 rings (SSSR count). The number of hydrogen-bond donors (Lipinski definition) is 0. The number of nitrogens with zero attached hydrogens (tertiary/aromatic N) is 3. The average molecular weight is 261 g/mol. The Hall–Kier alpha value is -1.93. The topological polar surface area (TPSA) is 47.3 Å². The molecule has 100 valence electrons. The van der Waals surface area contributed by atoms with Crippen molar-refractivity contribution in [3.8, 4) is 6.07 Å². The van der Waals surface area contributed by atoms with Gasteiger partial charge in [-0.05, 0) is 26.1 Å². The minimum atomic E-state index is -0.506. The van der Waals surface area contributed by atoms with Crippen LogP contribution in [0, 0.1) is 17.1 Å². The van der Waals surface area contributed by atoms with Crippen LogP contribution in [0.3, 0.4) is 0 Å².